The molecule has 2 N–H and O–H groups in total. The van der Waals surface area contributed by atoms with E-state index >= 15 is 0 Å². The summed E-state index contributed by atoms with van der Waals surface area (Å²) in [7, 11) is 0. The molecular formula is C14H21NO4S. The Kier molecular flexibility index (Phi) is 7.43. The molecule has 1 unspecified atom stereocenters. The highest BCUT2D eigenvalue weighted by molar-refractivity contribution is 7.12. The van der Waals surface area contributed by atoms with Gasteiger partial charge >= 0.3 is 5.97 Å². The Morgan fingerprint density at radius 2 is 2.20 bits per heavy atom. The van der Waals surface area contributed by atoms with Gasteiger partial charge in [0.15, 0.2) is 5.78 Å². The Bertz CT molecular complexity index is 417. The molecule has 6 heteroatoms. The molecule has 0 spiro atoms. The van der Waals surface area contributed by atoms with Crippen LogP contribution >= 0.6 is 11.3 Å². The van der Waals surface area contributed by atoms with Crippen LogP contribution in [0, 0.1) is 0 Å². The lowest BCUT2D eigenvalue weighted by Gasteiger charge is -2.15. The van der Waals surface area contributed by atoms with Crippen molar-refractivity contribution in [2.24, 2.45) is 0 Å². The molecule has 0 aliphatic rings. The summed E-state index contributed by atoms with van der Waals surface area (Å²) >= 11 is 1.33. The minimum Gasteiger partial charge on any atom is -0.481 e. The zero-order valence-corrected chi connectivity index (χ0v) is 12.6. The second kappa shape index (κ2) is 8.84. The minimum atomic E-state index is -0.981. The van der Waals surface area contributed by atoms with Gasteiger partial charge in [-0.2, -0.15) is 0 Å². The number of carboxylic acid groups (broad SMARTS) is 1. The number of carbonyl (C=O) groups excluding carboxylic acids is 1. The van der Waals surface area contributed by atoms with Crippen LogP contribution in [-0.2, 0) is 9.53 Å². The normalized spacial score (nSPS) is 12.6. The van der Waals surface area contributed by atoms with Gasteiger partial charge in [0.1, 0.15) is 0 Å². The molecule has 1 aromatic rings. The van der Waals surface area contributed by atoms with E-state index in [-0.39, 0.29) is 18.3 Å². The predicted molar refractivity (Wildman–Crippen MR) is 78.4 cm³/mol. The van der Waals surface area contributed by atoms with E-state index in [0.717, 1.165) is 6.42 Å². The van der Waals surface area contributed by atoms with Gasteiger partial charge in [0.05, 0.1) is 23.4 Å². The van der Waals surface area contributed by atoms with Gasteiger partial charge in [-0.25, -0.2) is 0 Å². The van der Waals surface area contributed by atoms with E-state index in [1.54, 1.807) is 12.1 Å². The highest BCUT2D eigenvalue weighted by Gasteiger charge is 2.22. The lowest BCUT2D eigenvalue weighted by atomic mass is 10.1. The van der Waals surface area contributed by atoms with E-state index in [1.165, 1.54) is 11.3 Å². The van der Waals surface area contributed by atoms with Crippen molar-refractivity contribution in [2.75, 3.05) is 13.2 Å². The van der Waals surface area contributed by atoms with Gasteiger partial charge in [-0.05, 0) is 38.3 Å². The van der Waals surface area contributed by atoms with Crippen LogP contribution in [0.1, 0.15) is 36.4 Å². The maximum Gasteiger partial charge on any atom is 0.305 e. The lowest BCUT2D eigenvalue weighted by Crippen LogP contribution is -2.39. The zero-order chi connectivity index (χ0) is 15.0. The third-order valence-electron chi connectivity index (χ3n) is 2.62. The Hall–Kier alpha value is -1.24. The van der Waals surface area contributed by atoms with Crippen molar-refractivity contribution in [3.8, 4) is 0 Å². The van der Waals surface area contributed by atoms with Gasteiger partial charge in [-0.3, -0.25) is 9.59 Å². The van der Waals surface area contributed by atoms with Gasteiger partial charge in [-0.15, -0.1) is 11.3 Å². The van der Waals surface area contributed by atoms with Crippen molar-refractivity contribution in [2.45, 2.75) is 38.8 Å². The van der Waals surface area contributed by atoms with Crippen LogP contribution in [0.3, 0.4) is 0 Å². The van der Waals surface area contributed by atoms with Crippen molar-refractivity contribution >= 4 is 23.1 Å². The number of carbonyl (C=O) groups is 2. The van der Waals surface area contributed by atoms with Crippen LogP contribution in [-0.4, -0.2) is 42.2 Å². The molecule has 1 aromatic heterocycles. The smallest absolute Gasteiger partial charge is 0.305 e. The van der Waals surface area contributed by atoms with Gasteiger partial charge < -0.3 is 15.2 Å². The first kappa shape index (κ1) is 16.8. The zero-order valence-electron chi connectivity index (χ0n) is 11.8. The minimum absolute atomic E-state index is 0.160. The maximum absolute atomic E-state index is 12.2. The number of thiophene rings is 1. The molecule has 0 bridgehead atoms. The van der Waals surface area contributed by atoms with Crippen molar-refractivity contribution in [1.29, 1.82) is 0 Å². The average molecular weight is 299 g/mol. The number of aliphatic carboxylic acids is 1. The second-order valence-corrected chi connectivity index (χ2v) is 5.67. The first-order valence-corrected chi connectivity index (χ1v) is 7.53. The highest BCUT2D eigenvalue weighted by atomic mass is 32.1. The monoisotopic (exact) mass is 299 g/mol. The highest BCUT2D eigenvalue weighted by Crippen LogP contribution is 2.13. The largest absolute Gasteiger partial charge is 0.481 e. The first-order valence-electron chi connectivity index (χ1n) is 6.65. The number of hydrogen-bond acceptors (Lipinski definition) is 5. The molecular weight excluding hydrogens is 278 g/mol. The van der Waals surface area contributed by atoms with E-state index in [4.69, 9.17) is 9.84 Å². The molecule has 0 aliphatic carbocycles. The second-order valence-electron chi connectivity index (χ2n) is 4.72. The van der Waals surface area contributed by atoms with Crippen molar-refractivity contribution in [1.82, 2.24) is 5.32 Å². The fourth-order valence-electron chi connectivity index (χ4n) is 1.69. The topological polar surface area (TPSA) is 75.6 Å². The first-order chi connectivity index (χ1) is 9.50. The Balaban J connectivity index is 2.44. The van der Waals surface area contributed by atoms with E-state index in [2.05, 4.69) is 5.32 Å². The van der Waals surface area contributed by atoms with E-state index in [1.807, 2.05) is 19.2 Å². The molecule has 0 aromatic carbocycles. The van der Waals surface area contributed by atoms with Crippen LogP contribution in [0.5, 0.6) is 0 Å². The maximum atomic E-state index is 12.2. The number of Topliss-reactive ketones (excluding diaryl/α,β-unsaturated/α-hetero) is 1. The van der Waals surface area contributed by atoms with Crippen LogP contribution in [0.25, 0.3) is 0 Å². The number of carboxylic acids is 1. The van der Waals surface area contributed by atoms with Gasteiger partial charge in [0.2, 0.25) is 0 Å². The summed E-state index contributed by atoms with van der Waals surface area (Å²) in [6, 6.07) is 2.82. The van der Waals surface area contributed by atoms with Crippen LogP contribution in [0.2, 0.25) is 0 Å². The summed E-state index contributed by atoms with van der Waals surface area (Å²) in [5, 5.41) is 13.7. The molecule has 112 valence electrons. The van der Waals surface area contributed by atoms with E-state index in [0.29, 0.717) is 18.0 Å². The van der Waals surface area contributed by atoms with Gasteiger partial charge in [0, 0.05) is 6.61 Å². The molecule has 0 aliphatic heterocycles. The molecule has 1 atom stereocenters. The summed E-state index contributed by atoms with van der Waals surface area (Å²) in [5.41, 5.74) is 0. The number of hydrogen-bond donors (Lipinski definition) is 2. The van der Waals surface area contributed by atoms with E-state index in [9.17, 15) is 9.59 Å². The third-order valence-corrected chi connectivity index (χ3v) is 3.51. The fraction of sp³-hybridized carbons (Fsp3) is 0.571. The van der Waals surface area contributed by atoms with Crippen LogP contribution in [0.15, 0.2) is 17.5 Å². The number of ketones is 1. The number of nitrogens with one attached hydrogen (secondary N) is 1. The Morgan fingerprint density at radius 1 is 1.45 bits per heavy atom. The van der Waals surface area contributed by atoms with Crippen molar-refractivity contribution < 1.29 is 19.4 Å². The van der Waals surface area contributed by atoms with Crippen molar-refractivity contribution in [3.05, 3.63) is 22.4 Å². The quantitative estimate of drug-likeness (QED) is 0.511. The Labute approximate surface area is 123 Å². The molecule has 1 rings (SSSR count). The third kappa shape index (κ3) is 6.27. The summed E-state index contributed by atoms with van der Waals surface area (Å²) in [6.07, 6.45) is 0.714. The molecule has 20 heavy (non-hydrogen) atoms. The average Bonchev–Trinajstić information content (AvgIpc) is 2.89. The predicted octanol–water partition coefficient (Wildman–Crippen LogP) is 2.18. The summed E-state index contributed by atoms with van der Waals surface area (Å²) in [4.78, 5) is 23.6. The number of rotatable bonds is 10. The van der Waals surface area contributed by atoms with Crippen LogP contribution in [0.4, 0.5) is 0 Å². The molecule has 0 radical (unpaired) electrons. The molecule has 0 saturated carbocycles. The van der Waals surface area contributed by atoms with Gasteiger partial charge in [-0.1, -0.05) is 6.07 Å². The summed E-state index contributed by atoms with van der Waals surface area (Å²) in [5.74, 6) is -1.14. The Morgan fingerprint density at radius 3 is 2.75 bits per heavy atom. The molecule has 1 heterocycles. The lowest BCUT2D eigenvalue weighted by molar-refractivity contribution is -0.137. The van der Waals surface area contributed by atoms with E-state index < -0.39 is 12.0 Å². The molecule has 5 nitrogen and oxygen atoms in total. The van der Waals surface area contributed by atoms with Crippen LogP contribution < -0.4 is 5.32 Å². The van der Waals surface area contributed by atoms with Crippen molar-refractivity contribution in [3.63, 3.8) is 0 Å². The van der Waals surface area contributed by atoms with Gasteiger partial charge in [0.25, 0.3) is 0 Å². The summed E-state index contributed by atoms with van der Waals surface area (Å²) in [6.45, 7) is 5.07. The SMILES string of the molecule is CC(C)OCCCNC(CC(=O)O)C(=O)c1cccs1. The standard InChI is InChI=1S/C14H21NO4S/c1-10(2)19-7-4-6-15-11(9-13(16)17)14(18)12-5-3-8-20-12/h3,5,8,10-11,15H,4,6-7,9H2,1-2H3,(H,16,17). The molecule has 0 fully saturated rings. The molecule has 0 saturated heterocycles. The number of ether oxygens (including phenoxy) is 1. The fourth-order valence-corrected chi connectivity index (χ4v) is 2.41. The molecule has 0 amide bonds. The summed E-state index contributed by atoms with van der Waals surface area (Å²) < 4.78 is 5.40.